The van der Waals surface area contributed by atoms with E-state index in [2.05, 4.69) is 17.2 Å². The topological polar surface area (TPSA) is 61.4 Å². The van der Waals surface area contributed by atoms with Gasteiger partial charge in [0.2, 0.25) is 5.91 Å². The van der Waals surface area contributed by atoms with E-state index >= 15 is 0 Å². The van der Waals surface area contributed by atoms with Crippen LogP contribution in [0.25, 0.3) is 0 Å². The van der Waals surface area contributed by atoms with E-state index in [4.69, 9.17) is 5.11 Å². The van der Waals surface area contributed by atoms with Crippen molar-refractivity contribution in [1.82, 2.24) is 10.6 Å². The summed E-state index contributed by atoms with van der Waals surface area (Å²) in [7, 11) is 0. The third kappa shape index (κ3) is 9.22. The Kier molecular flexibility index (Phi) is 9.58. The Morgan fingerprint density at radius 1 is 1.21 bits per heavy atom. The monoisotopic (exact) mass is 200 g/mol. The third-order valence-corrected chi connectivity index (χ3v) is 1.88. The lowest BCUT2D eigenvalue weighted by molar-refractivity contribution is -0.116. The van der Waals surface area contributed by atoms with Crippen LogP contribution in [0, 0.1) is 0 Å². The summed E-state index contributed by atoms with van der Waals surface area (Å²) in [6.07, 6.45) is 5.57. The number of hydrogen-bond donors (Lipinski definition) is 3. The number of unbranched alkanes of at least 4 members (excludes halogenated alkanes) is 3. The van der Waals surface area contributed by atoms with Crippen LogP contribution in [-0.2, 0) is 4.79 Å². The van der Waals surface area contributed by atoms with E-state index in [0.29, 0.717) is 0 Å². The molecule has 0 spiro atoms. The van der Waals surface area contributed by atoms with Crippen LogP contribution >= 0.6 is 0 Å². The zero-order valence-electron chi connectivity index (χ0n) is 8.59. The number of carbonyl (C=O) groups is 1. The fraction of sp³-hybridized carbons (Fsp3) is 0.700. The first-order valence-electron chi connectivity index (χ1n) is 5.03. The Morgan fingerprint density at radius 3 is 2.43 bits per heavy atom. The van der Waals surface area contributed by atoms with Crippen LogP contribution in [0.3, 0.4) is 0 Å². The molecular weight excluding hydrogens is 180 g/mol. The molecule has 0 heterocycles. The predicted octanol–water partition coefficient (Wildman–Crippen LogP) is 0.388. The lowest BCUT2D eigenvalue weighted by Crippen LogP contribution is -2.21. The number of hydrogen-bond acceptors (Lipinski definition) is 3. The number of aliphatic hydroxyl groups excluding tert-OH is 1. The first-order valence-corrected chi connectivity index (χ1v) is 5.03. The highest BCUT2D eigenvalue weighted by Gasteiger charge is 1.93. The molecule has 0 radical (unpaired) electrons. The molecule has 4 heteroatoms. The van der Waals surface area contributed by atoms with Crippen molar-refractivity contribution >= 4 is 5.91 Å². The van der Waals surface area contributed by atoms with Crippen LogP contribution in [-0.4, -0.2) is 30.8 Å². The number of amides is 1. The molecule has 1 amide bonds. The van der Waals surface area contributed by atoms with Gasteiger partial charge in [-0.3, -0.25) is 10.1 Å². The Labute approximate surface area is 85.4 Å². The number of carbonyl (C=O) groups excluding carboxylic acids is 1. The van der Waals surface area contributed by atoms with Crippen molar-refractivity contribution in [3.05, 3.63) is 12.7 Å². The maximum Gasteiger partial charge on any atom is 0.243 e. The van der Waals surface area contributed by atoms with Gasteiger partial charge in [-0.15, -0.1) is 0 Å². The van der Waals surface area contributed by atoms with Gasteiger partial charge in [-0.1, -0.05) is 19.4 Å². The Balaban J connectivity index is 2.99. The van der Waals surface area contributed by atoms with Crippen LogP contribution in [0.15, 0.2) is 12.7 Å². The molecule has 0 aromatic carbocycles. The number of nitrogens with one attached hydrogen (secondary N) is 2. The minimum absolute atomic E-state index is 0.0510. The molecule has 0 bridgehead atoms. The maximum absolute atomic E-state index is 10.7. The Hall–Kier alpha value is -0.870. The molecule has 0 fully saturated rings. The Morgan fingerprint density at radius 2 is 1.86 bits per heavy atom. The molecule has 0 aliphatic rings. The molecule has 0 unspecified atom stereocenters. The fourth-order valence-corrected chi connectivity index (χ4v) is 1.09. The second kappa shape index (κ2) is 10.2. The van der Waals surface area contributed by atoms with Crippen molar-refractivity contribution in [3.63, 3.8) is 0 Å². The molecule has 82 valence electrons. The van der Waals surface area contributed by atoms with Gasteiger partial charge in [0.1, 0.15) is 0 Å². The molecule has 0 atom stereocenters. The molecule has 0 aliphatic heterocycles. The number of aliphatic hydroxyl groups is 1. The van der Waals surface area contributed by atoms with Crippen LogP contribution in [0.5, 0.6) is 0 Å². The van der Waals surface area contributed by atoms with Crippen LogP contribution < -0.4 is 10.6 Å². The average molecular weight is 200 g/mol. The van der Waals surface area contributed by atoms with Crippen molar-refractivity contribution in [2.45, 2.75) is 25.7 Å². The van der Waals surface area contributed by atoms with Gasteiger partial charge >= 0.3 is 0 Å². The second-order valence-electron chi connectivity index (χ2n) is 3.07. The zero-order chi connectivity index (χ0) is 10.6. The molecule has 0 saturated carbocycles. The van der Waals surface area contributed by atoms with E-state index in [1.807, 2.05) is 0 Å². The van der Waals surface area contributed by atoms with Gasteiger partial charge in [0.25, 0.3) is 0 Å². The summed E-state index contributed by atoms with van der Waals surface area (Å²) in [6.45, 7) is 4.99. The molecule has 3 N–H and O–H groups in total. The second-order valence-corrected chi connectivity index (χ2v) is 3.07. The van der Waals surface area contributed by atoms with E-state index in [-0.39, 0.29) is 12.6 Å². The van der Waals surface area contributed by atoms with Crippen molar-refractivity contribution in [2.75, 3.05) is 19.8 Å². The molecule has 0 aromatic heterocycles. The van der Waals surface area contributed by atoms with Crippen molar-refractivity contribution in [1.29, 1.82) is 0 Å². The first-order chi connectivity index (χ1) is 6.81. The van der Waals surface area contributed by atoms with E-state index < -0.39 is 0 Å². The van der Waals surface area contributed by atoms with Crippen LogP contribution in [0.1, 0.15) is 25.7 Å². The summed E-state index contributed by atoms with van der Waals surface area (Å²) in [5.41, 5.74) is 0. The summed E-state index contributed by atoms with van der Waals surface area (Å²) in [5.74, 6) is -0.105. The van der Waals surface area contributed by atoms with E-state index in [9.17, 15) is 4.79 Å². The van der Waals surface area contributed by atoms with Gasteiger partial charge in [-0.05, 0) is 25.5 Å². The highest BCUT2D eigenvalue weighted by Crippen LogP contribution is 1.97. The van der Waals surface area contributed by atoms with Crippen molar-refractivity contribution in [2.24, 2.45) is 0 Å². The zero-order valence-corrected chi connectivity index (χ0v) is 8.59. The first kappa shape index (κ1) is 13.1. The summed E-state index contributed by atoms with van der Waals surface area (Å²) in [4.78, 5) is 10.7. The fourth-order valence-electron chi connectivity index (χ4n) is 1.09. The van der Waals surface area contributed by atoms with Gasteiger partial charge in [-0.25, -0.2) is 0 Å². The van der Waals surface area contributed by atoms with Gasteiger partial charge in [0.15, 0.2) is 0 Å². The standard InChI is InChI=1S/C10H20N2O2/c1-2-10(14)12-8-6-4-3-5-7-11-9-13/h2,11,13H,1,3-9H2,(H,12,14). The highest BCUT2D eigenvalue weighted by atomic mass is 16.3. The summed E-state index contributed by atoms with van der Waals surface area (Å²) >= 11 is 0. The molecule has 14 heavy (non-hydrogen) atoms. The quantitative estimate of drug-likeness (QED) is 0.286. The molecule has 0 saturated heterocycles. The van der Waals surface area contributed by atoms with Crippen molar-refractivity contribution < 1.29 is 9.90 Å². The van der Waals surface area contributed by atoms with Crippen molar-refractivity contribution in [3.8, 4) is 0 Å². The molecule has 0 aliphatic carbocycles. The Bertz CT molecular complexity index is 160. The maximum atomic E-state index is 10.7. The summed E-state index contributed by atoms with van der Waals surface area (Å²) in [5, 5.41) is 14.0. The van der Waals surface area contributed by atoms with Gasteiger partial charge in [-0.2, -0.15) is 0 Å². The van der Waals surface area contributed by atoms with Crippen LogP contribution in [0.2, 0.25) is 0 Å². The van der Waals surface area contributed by atoms with Crippen LogP contribution in [0.4, 0.5) is 0 Å². The minimum atomic E-state index is -0.105. The van der Waals surface area contributed by atoms with Gasteiger partial charge in [0.05, 0.1) is 6.73 Å². The van der Waals surface area contributed by atoms with Gasteiger partial charge < -0.3 is 10.4 Å². The van der Waals surface area contributed by atoms with E-state index in [1.54, 1.807) is 0 Å². The number of rotatable bonds is 9. The molecule has 0 rings (SSSR count). The normalized spacial score (nSPS) is 9.79. The smallest absolute Gasteiger partial charge is 0.243 e. The molecule has 0 aromatic rings. The lowest BCUT2D eigenvalue weighted by Gasteiger charge is -2.02. The molecule has 4 nitrogen and oxygen atoms in total. The predicted molar refractivity (Wildman–Crippen MR) is 56.8 cm³/mol. The molecular formula is C10H20N2O2. The SMILES string of the molecule is C=CC(=O)NCCCCCCNCO. The summed E-state index contributed by atoms with van der Waals surface area (Å²) < 4.78 is 0. The third-order valence-electron chi connectivity index (χ3n) is 1.88. The van der Waals surface area contributed by atoms with E-state index in [1.165, 1.54) is 6.08 Å². The largest absolute Gasteiger partial charge is 0.381 e. The minimum Gasteiger partial charge on any atom is -0.381 e. The average Bonchev–Trinajstić information content (AvgIpc) is 2.21. The lowest BCUT2D eigenvalue weighted by atomic mass is 10.2. The highest BCUT2D eigenvalue weighted by molar-refractivity contribution is 5.86. The summed E-state index contributed by atoms with van der Waals surface area (Å²) in [6, 6.07) is 0. The van der Waals surface area contributed by atoms with E-state index in [0.717, 1.165) is 38.8 Å². The van der Waals surface area contributed by atoms with Gasteiger partial charge in [0, 0.05) is 6.54 Å².